The van der Waals surface area contributed by atoms with Crippen LogP contribution >= 0.6 is 0 Å². The fourth-order valence-corrected chi connectivity index (χ4v) is 3.35. The molecule has 2 saturated heterocycles. The predicted octanol–water partition coefficient (Wildman–Crippen LogP) is 0.690. The summed E-state index contributed by atoms with van der Waals surface area (Å²) >= 11 is 0. The highest BCUT2D eigenvalue weighted by Crippen LogP contribution is 2.21. The Balaban J connectivity index is 1.48. The van der Waals surface area contributed by atoms with Gasteiger partial charge in [0.05, 0.1) is 12.4 Å². The summed E-state index contributed by atoms with van der Waals surface area (Å²) < 4.78 is 5.41. The quantitative estimate of drug-likeness (QED) is 0.830. The molecule has 3 rings (SSSR count). The number of amides is 2. The lowest BCUT2D eigenvalue weighted by molar-refractivity contribution is -0.130. The summed E-state index contributed by atoms with van der Waals surface area (Å²) in [6.45, 7) is 3.06. The van der Waals surface area contributed by atoms with E-state index in [-0.39, 0.29) is 17.9 Å². The molecule has 0 saturated carbocycles. The van der Waals surface area contributed by atoms with Crippen LogP contribution in [-0.2, 0) is 9.53 Å². The first-order valence-electron chi connectivity index (χ1n) is 9.22. The average molecular weight is 361 g/mol. The van der Waals surface area contributed by atoms with Crippen molar-refractivity contribution >= 4 is 17.6 Å². The molecule has 0 radical (unpaired) electrons. The van der Waals surface area contributed by atoms with Gasteiger partial charge in [-0.2, -0.15) is 0 Å². The van der Waals surface area contributed by atoms with Crippen LogP contribution in [0, 0.1) is 5.92 Å². The number of carbonyl (C=O) groups is 2. The Labute approximate surface area is 153 Å². The van der Waals surface area contributed by atoms with E-state index in [1.807, 2.05) is 0 Å². The van der Waals surface area contributed by atoms with E-state index in [2.05, 4.69) is 20.2 Å². The van der Waals surface area contributed by atoms with Crippen molar-refractivity contribution in [1.29, 1.82) is 0 Å². The molecular weight excluding hydrogens is 334 g/mol. The van der Waals surface area contributed by atoms with E-state index < -0.39 is 0 Å². The molecule has 1 aromatic heterocycles. The first kappa shape index (κ1) is 18.6. The maximum atomic E-state index is 12.0. The van der Waals surface area contributed by atoms with Gasteiger partial charge < -0.3 is 19.9 Å². The molecule has 3 heterocycles. The molecule has 0 spiro atoms. The van der Waals surface area contributed by atoms with E-state index in [0.717, 1.165) is 44.6 Å². The highest BCUT2D eigenvalue weighted by molar-refractivity contribution is 5.91. The summed E-state index contributed by atoms with van der Waals surface area (Å²) in [5.74, 6) is 1.06. The van der Waals surface area contributed by atoms with E-state index in [0.29, 0.717) is 24.8 Å². The van der Waals surface area contributed by atoms with Crippen molar-refractivity contribution in [2.75, 3.05) is 45.2 Å². The second kappa shape index (κ2) is 8.44. The predicted molar refractivity (Wildman–Crippen MR) is 97.0 cm³/mol. The standard InChI is InChI=1S/C18H27N5O3/c1-22(2)18(25)14-11-19-12-16(21-14)23-7-5-13(6-8-23)10-20-17(24)15-4-3-9-26-15/h11-13,15H,3-10H2,1-2H3,(H,20,24). The number of carbonyl (C=O) groups excluding carboxylic acids is 2. The SMILES string of the molecule is CN(C)C(=O)c1cncc(N2CCC(CNC(=O)C3CCCO3)CC2)n1. The molecule has 1 unspecified atom stereocenters. The third-order valence-corrected chi connectivity index (χ3v) is 4.97. The largest absolute Gasteiger partial charge is 0.368 e. The van der Waals surface area contributed by atoms with Gasteiger partial charge in [0, 0.05) is 40.3 Å². The maximum Gasteiger partial charge on any atom is 0.273 e. The minimum atomic E-state index is -0.262. The molecule has 26 heavy (non-hydrogen) atoms. The average Bonchev–Trinajstić information content (AvgIpc) is 3.21. The molecule has 2 aliphatic heterocycles. The summed E-state index contributed by atoms with van der Waals surface area (Å²) in [7, 11) is 3.40. The van der Waals surface area contributed by atoms with Gasteiger partial charge in [-0.05, 0) is 31.6 Å². The van der Waals surface area contributed by atoms with Gasteiger partial charge in [-0.1, -0.05) is 0 Å². The zero-order chi connectivity index (χ0) is 18.5. The van der Waals surface area contributed by atoms with Crippen LogP contribution in [0.5, 0.6) is 0 Å². The van der Waals surface area contributed by atoms with Gasteiger partial charge in [0.2, 0.25) is 5.91 Å². The van der Waals surface area contributed by atoms with E-state index in [4.69, 9.17) is 4.74 Å². The number of anilines is 1. The normalized spacial score (nSPS) is 20.8. The number of rotatable bonds is 5. The van der Waals surface area contributed by atoms with Gasteiger partial charge >= 0.3 is 0 Å². The Hall–Kier alpha value is -2.22. The molecule has 0 aromatic carbocycles. The van der Waals surface area contributed by atoms with E-state index in [1.165, 1.54) is 11.1 Å². The van der Waals surface area contributed by atoms with Crippen LogP contribution in [0.15, 0.2) is 12.4 Å². The summed E-state index contributed by atoms with van der Waals surface area (Å²) in [6, 6.07) is 0. The molecule has 1 N–H and O–H groups in total. The Bertz CT molecular complexity index is 637. The summed E-state index contributed by atoms with van der Waals surface area (Å²) in [4.78, 5) is 36.3. The fourth-order valence-electron chi connectivity index (χ4n) is 3.35. The van der Waals surface area contributed by atoms with E-state index in [9.17, 15) is 9.59 Å². The van der Waals surface area contributed by atoms with Crippen LogP contribution < -0.4 is 10.2 Å². The van der Waals surface area contributed by atoms with E-state index in [1.54, 1.807) is 20.3 Å². The number of nitrogens with zero attached hydrogens (tertiary/aromatic N) is 4. The minimum Gasteiger partial charge on any atom is -0.368 e. The van der Waals surface area contributed by atoms with Crippen molar-refractivity contribution in [2.45, 2.75) is 31.8 Å². The zero-order valence-corrected chi connectivity index (χ0v) is 15.5. The van der Waals surface area contributed by atoms with Gasteiger partial charge in [-0.15, -0.1) is 0 Å². The van der Waals surface area contributed by atoms with Crippen LogP contribution in [-0.4, -0.2) is 73.1 Å². The summed E-state index contributed by atoms with van der Waals surface area (Å²) in [5.41, 5.74) is 0.360. The molecule has 142 valence electrons. The minimum absolute atomic E-state index is 0.0192. The lowest BCUT2D eigenvalue weighted by Crippen LogP contribution is -2.41. The Morgan fingerprint density at radius 1 is 1.27 bits per heavy atom. The Kier molecular flexibility index (Phi) is 6.03. The number of piperidine rings is 1. The highest BCUT2D eigenvalue weighted by atomic mass is 16.5. The summed E-state index contributed by atoms with van der Waals surface area (Å²) in [6.07, 6.45) is 6.67. The molecule has 8 nitrogen and oxygen atoms in total. The maximum absolute atomic E-state index is 12.0. The van der Waals surface area contributed by atoms with Crippen molar-refractivity contribution in [3.05, 3.63) is 18.1 Å². The van der Waals surface area contributed by atoms with Crippen molar-refractivity contribution in [3.8, 4) is 0 Å². The molecule has 0 bridgehead atoms. The third kappa shape index (κ3) is 4.49. The van der Waals surface area contributed by atoms with Crippen LogP contribution in [0.25, 0.3) is 0 Å². The molecule has 1 aromatic rings. The second-order valence-electron chi connectivity index (χ2n) is 7.14. The van der Waals surface area contributed by atoms with Crippen molar-refractivity contribution < 1.29 is 14.3 Å². The number of hydrogen-bond donors (Lipinski definition) is 1. The molecule has 0 aliphatic carbocycles. The van der Waals surface area contributed by atoms with Gasteiger partial charge in [0.25, 0.3) is 5.91 Å². The smallest absolute Gasteiger partial charge is 0.273 e. The fraction of sp³-hybridized carbons (Fsp3) is 0.667. The zero-order valence-electron chi connectivity index (χ0n) is 15.5. The number of hydrogen-bond acceptors (Lipinski definition) is 6. The Morgan fingerprint density at radius 3 is 2.69 bits per heavy atom. The van der Waals surface area contributed by atoms with Crippen molar-refractivity contribution in [1.82, 2.24) is 20.2 Å². The first-order valence-corrected chi connectivity index (χ1v) is 9.22. The molecule has 2 fully saturated rings. The monoisotopic (exact) mass is 361 g/mol. The molecular formula is C18H27N5O3. The van der Waals surface area contributed by atoms with Gasteiger partial charge in [0.15, 0.2) is 0 Å². The van der Waals surface area contributed by atoms with Crippen LogP contribution in [0.3, 0.4) is 0 Å². The number of ether oxygens (including phenoxy) is 1. The molecule has 1 atom stereocenters. The Morgan fingerprint density at radius 2 is 2.04 bits per heavy atom. The van der Waals surface area contributed by atoms with Crippen molar-refractivity contribution in [3.63, 3.8) is 0 Å². The molecule has 2 aliphatic rings. The molecule has 2 amide bonds. The first-order chi connectivity index (χ1) is 12.5. The second-order valence-corrected chi connectivity index (χ2v) is 7.14. The lowest BCUT2D eigenvalue weighted by Gasteiger charge is -2.33. The van der Waals surface area contributed by atoms with Gasteiger partial charge in [-0.3, -0.25) is 14.6 Å². The summed E-state index contributed by atoms with van der Waals surface area (Å²) in [5, 5.41) is 3.02. The number of aromatic nitrogens is 2. The van der Waals surface area contributed by atoms with Crippen LogP contribution in [0.2, 0.25) is 0 Å². The van der Waals surface area contributed by atoms with Crippen molar-refractivity contribution in [2.24, 2.45) is 5.92 Å². The van der Waals surface area contributed by atoms with Gasteiger partial charge in [-0.25, -0.2) is 4.98 Å². The lowest BCUT2D eigenvalue weighted by atomic mass is 9.96. The van der Waals surface area contributed by atoms with Gasteiger partial charge in [0.1, 0.15) is 17.6 Å². The van der Waals surface area contributed by atoms with E-state index >= 15 is 0 Å². The van der Waals surface area contributed by atoms with Crippen LogP contribution in [0.4, 0.5) is 5.82 Å². The highest BCUT2D eigenvalue weighted by Gasteiger charge is 2.26. The van der Waals surface area contributed by atoms with Crippen LogP contribution in [0.1, 0.15) is 36.2 Å². The number of nitrogens with one attached hydrogen (secondary N) is 1. The molecule has 8 heteroatoms. The topological polar surface area (TPSA) is 87.7 Å². The third-order valence-electron chi connectivity index (χ3n) is 4.97.